The van der Waals surface area contributed by atoms with Gasteiger partial charge in [-0.05, 0) is 43.2 Å². The van der Waals surface area contributed by atoms with Gasteiger partial charge in [0.2, 0.25) is 0 Å². The van der Waals surface area contributed by atoms with Crippen LogP contribution in [0.3, 0.4) is 0 Å². The fourth-order valence-electron chi connectivity index (χ4n) is 2.10. The van der Waals surface area contributed by atoms with Crippen molar-refractivity contribution in [3.8, 4) is 5.75 Å². The predicted octanol–water partition coefficient (Wildman–Crippen LogP) is 1.89. The van der Waals surface area contributed by atoms with Crippen LogP contribution in [0, 0.1) is 6.92 Å². The van der Waals surface area contributed by atoms with E-state index in [0.29, 0.717) is 22.8 Å². The van der Waals surface area contributed by atoms with E-state index in [1.807, 2.05) is 31.2 Å². The monoisotopic (exact) mass is 360 g/mol. The van der Waals surface area contributed by atoms with E-state index in [2.05, 4.69) is 20.5 Å². The number of thioether (sulfide) groups is 1. The summed E-state index contributed by atoms with van der Waals surface area (Å²) in [5, 5.41) is 4.33. The molecule has 0 aliphatic heterocycles. The molecule has 8 heteroatoms. The fraction of sp³-hybridized carbons (Fsp3) is 0.294. The second-order valence-electron chi connectivity index (χ2n) is 5.14. The number of nitrogens with zero attached hydrogens (tertiary/aromatic N) is 2. The number of H-pyrrole nitrogens is 1. The molecule has 132 valence electrons. The number of hydrogen-bond donors (Lipinski definition) is 2. The normalized spacial score (nSPS) is 10.8. The number of nitrogens with one attached hydrogen (secondary N) is 2. The highest BCUT2D eigenvalue weighted by molar-refractivity contribution is 7.99. The highest BCUT2D eigenvalue weighted by Crippen LogP contribution is 2.12. The first-order valence-electron chi connectivity index (χ1n) is 7.72. The lowest BCUT2D eigenvalue weighted by molar-refractivity contribution is -0.118. The zero-order valence-corrected chi connectivity index (χ0v) is 15.1. The molecule has 0 spiro atoms. The average Bonchev–Trinajstić information content (AvgIpc) is 2.60. The highest BCUT2D eigenvalue weighted by atomic mass is 32.2. The lowest BCUT2D eigenvalue weighted by Gasteiger charge is -2.04. The van der Waals surface area contributed by atoms with Gasteiger partial charge in [0.15, 0.2) is 5.16 Å². The Hall–Kier alpha value is -2.61. The Balaban J connectivity index is 1.86. The van der Waals surface area contributed by atoms with E-state index in [1.165, 1.54) is 0 Å². The predicted molar refractivity (Wildman–Crippen MR) is 98.4 cm³/mol. The van der Waals surface area contributed by atoms with Crippen LogP contribution >= 0.6 is 11.8 Å². The molecular weight excluding hydrogens is 340 g/mol. The van der Waals surface area contributed by atoms with Crippen molar-refractivity contribution in [2.24, 2.45) is 5.10 Å². The molecule has 0 bridgehead atoms. The quantitative estimate of drug-likeness (QED) is 0.340. The van der Waals surface area contributed by atoms with E-state index in [4.69, 9.17) is 4.74 Å². The minimum absolute atomic E-state index is 0.105. The molecule has 1 amide bonds. The molecule has 1 heterocycles. The van der Waals surface area contributed by atoms with Crippen molar-refractivity contribution in [1.82, 2.24) is 15.4 Å². The Morgan fingerprint density at radius 3 is 2.72 bits per heavy atom. The maximum absolute atomic E-state index is 11.9. The molecule has 2 aromatic rings. The number of amides is 1. The van der Waals surface area contributed by atoms with E-state index < -0.39 is 0 Å². The smallest absolute Gasteiger partial charge is 0.254 e. The zero-order valence-electron chi connectivity index (χ0n) is 14.3. The SMILES string of the molecule is CCc1c(C)nc(SCC(=O)NN=Cc2ccc(OC)cc2)[nH]c1=O. The van der Waals surface area contributed by atoms with E-state index >= 15 is 0 Å². The maximum atomic E-state index is 11.9. The van der Waals surface area contributed by atoms with Crippen LogP contribution in [0.5, 0.6) is 5.75 Å². The van der Waals surface area contributed by atoms with Gasteiger partial charge in [0, 0.05) is 11.3 Å². The second-order valence-corrected chi connectivity index (χ2v) is 6.11. The van der Waals surface area contributed by atoms with Gasteiger partial charge in [-0.2, -0.15) is 5.10 Å². The Kier molecular flexibility index (Phi) is 6.76. The molecule has 0 unspecified atom stereocenters. The van der Waals surface area contributed by atoms with Crippen molar-refractivity contribution in [1.29, 1.82) is 0 Å². The molecule has 7 nitrogen and oxygen atoms in total. The Morgan fingerprint density at radius 2 is 2.12 bits per heavy atom. The van der Waals surface area contributed by atoms with Crippen LogP contribution in [-0.4, -0.2) is 35.0 Å². The van der Waals surface area contributed by atoms with Gasteiger partial charge in [0.05, 0.1) is 19.1 Å². The van der Waals surface area contributed by atoms with Crippen LogP contribution in [0.15, 0.2) is 39.3 Å². The van der Waals surface area contributed by atoms with E-state index in [0.717, 1.165) is 23.1 Å². The number of carbonyl (C=O) groups excluding carboxylic acids is 1. The van der Waals surface area contributed by atoms with Gasteiger partial charge in [0.1, 0.15) is 5.75 Å². The van der Waals surface area contributed by atoms with Gasteiger partial charge in [-0.1, -0.05) is 18.7 Å². The van der Waals surface area contributed by atoms with Gasteiger partial charge in [-0.3, -0.25) is 9.59 Å². The van der Waals surface area contributed by atoms with Crippen LogP contribution in [0.4, 0.5) is 0 Å². The minimum atomic E-state index is -0.283. The third-order valence-corrected chi connectivity index (χ3v) is 4.29. The summed E-state index contributed by atoms with van der Waals surface area (Å²) in [6.07, 6.45) is 2.17. The summed E-state index contributed by atoms with van der Waals surface area (Å²) in [5.41, 5.74) is 4.47. The third kappa shape index (κ3) is 5.46. The second kappa shape index (κ2) is 9.03. The first kappa shape index (κ1) is 18.7. The first-order valence-corrected chi connectivity index (χ1v) is 8.70. The van der Waals surface area contributed by atoms with Crippen molar-refractivity contribution in [2.75, 3.05) is 12.9 Å². The van der Waals surface area contributed by atoms with Gasteiger partial charge in [0.25, 0.3) is 11.5 Å². The molecule has 0 radical (unpaired) electrons. The Bertz CT molecular complexity index is 816. The minimum Gasteiger partial charge on any atom is -0.497 e. The van der Waals surface area contributed by atoms with Crippen LogP contribution in [-0.2, 0) is 11.2 Å². The fourth-order valence-corrected chi connectivity index (χ4v) is 2.80. The molecule has 2 rings (SSSR count). The number of ether oxygens (including phenoxy) is 1. The number of carbonyl (C=O) groups is 1. The number of methoxy groups -OCH3 is 1. The molecule has 1 aromatic heterocycles. The molecule has 25 heavy (non-hydrogen) atoms. The van der Waals surface area contributed by atoms with E-state index in [-0.39, 0.29) is 17.2 Å². The summed E-state index contributed by atoms with van der Waals surface area (Å²) in [6, 6.07) is 7.28. The van der Waals surface area contributed by atoms with Gasteiger partial charge < -0.3 is 9.72 Å². The summed E-state index contributed by atoms with van der Waals surface area (Å²) in [6.45, 7) is 3.69. The molecule has 0 fully saturated rings. The number of benzene rings is 1. The topological polar surface area (TPSA) is 96.4 Å². The molecule has 0 atom stereocenters. The van der Waals surface area contributed by atoms with E-state index in [9.17, 15) is 9.59 Å². The van der Waals surface area contributed by atoms with Crippen molar-refractivity contribution in [2.45, 2.75) is 25.4 Å². The summed E-state index contributed by atoms with van der Waals surface area (Å²) < 4.78 is 5.07. The molecule has 0 aliphatic rings. The van der Waals surface area contributed by atoms with E-state index in [1.54, 1.807) is 20.2 Å². The van der Waals surface area contributed by atoms with Crippen LogP contribution < -0.4 is 15.7 Å². The van der Waals surface area contributed by atoms with Crippen LogP contribution in [0.25, 0.3) is 0 Å². The zero-order chi connectivity index (χ0) is 18.2. The van der Waals surface area contributed by atoms with Crippen LogP contribution in [0.1, 0.15) is 23.7 Å². The lowest BCUT2D eigenvalue weighted by atomic mass is 10.2. The summed E-state index contributed by atoms with van der Waals surface area (Å²) in [5.74, 6) is 0.575. The molecular formula is C17H20N4O3S. The maximum Gasteiger partial charge on any atom is 0.254 e. The first-order chi connectivity index (χ1) is 12.0. The van der Waals surface area contributed by atoms with Crippen molar-refractivity contribution >= 4 is 23.9 Å². The van der Waals surface area contributed by atoms with Gasteiger partial charge >= 0.3 is 0 Å². The Labute approximate surface area is 149 Å². The number of rotatable bonds is 7. The number of aromatic nitrogens is 2. The van der Waals surface area contributed by atoms with Gasteiger partial charge in [-0.15, -0.1) is 0 Å². The molecule has 2 N–H and O–H groups in total. The van der Waals surface area contributed by atoms with Crippen molar-refractivity contribution < 1.29 is 9.53 Å². The summed E-state index contributed by atoms with van der Waals surface area (Å²) in [4.78, 5) is 30.7. The number of aromatic amines is 1. The van der Waals surface area contributed by atoms with Crippen LogP contribution in [0.2, 0.25) is 0 Å². The largest absolute Gasteiger partial charge is 0.497 e. The van der Waals surface area contributed by atoms with Crippen molar-refractivity contribution in [3.63, 3.8) is 0 Å². The third-order valence-electron chi connectivity index (χ3n) is 3.41. The number of hydrazone groups is 1. The van der Waals surface area contributed by atoms with Gasteiger partial charge in [-0.25, -0.2) is 10.4 Å². The number of hydrogen-bond acceptors (Lipinski definition) is 6. The molecule has 0 saturated heterocycles. The molecule has 0 aliphatic carbocycles. The number of aryl methyl sites for hydroxylation is 1. The average molecular weight is 360 g/mol. The van der Waals surface area contributed by atoms with Crippen molar-refractivity contribution in [3.05, 3.63) is 51.4 Å². The summed E-state index contributed by atoms with van der Waals surface area (Å²) >= 11 is 1.16. The lowest BCUT2D eigenvalue weighted by Crippen LogP contribution is -2.21. The summed E-state index contributed by atoms with van der Waals surface area (Å²) in [7, 11) is 1.60. The molecule has 1 aromatic carbocycles. The molecule has 0 saturated carbocycles. The standard InChI is InChI=1S/C17H20N4O3S/c1-4-14-11(2)19-17(20-16(14)23)25-10-15(22)21-18-9-12-5-7-13(24-3)8-6-12/h5-9H,4,10H2,1-3H3,(H,21,22)(H,19,20,23). The highest BCUT2D eigenvalue weighted by Gasteiger charge is 2.08. The Morgan fingerprint density at radius 1 is 1.40 bits per heavy atom.